The number of hydrogen-bond acceptors (Lipinski definition) is 5. The first kappa shape index (κ1) is 14.1. The third kappa shape index (κ3) is 3.06. The fourth-order valence-electron chi connectivity index (χ4n) is 2.70. The maximum absolute atomic E-state index is 12.3. The molecular weight excluding hydrogens is 278 g/mol. The van der Waals surface area contributed by atoms with E-state index in [4.69, 9.17) is 4.42 Å². The largest absolute Gasteiger partial charge is 0.447 e. The molecule has 20 heavy (non-hydrogen) atoms. The van der Waals surface area contributed by atoms with Crippen LogP contribution in [0.4, 0.5) is 0 Å². The number of nitrogens with one attached hydrogen (secondary N) is 2. The molecule has 1 atom stereocenters. The van der Waals surface area contributed by atoms with Crippen LogP contribution in [-0.2, 0) is 16.6 Å². The van der Waals surface area contributed by atoms with E-state index in [-0.39, 0.29) is 11.1 Å². The zero-order valence-electron chi connectivity index (χ0n) is 11.6. The van der Waals surface area contributed by atoms with Crippen molar-refractivity contribution in [3.05, 3.63) is 17.9 Å². The molecule has 2 aliphatic rings. The molecule has 1 unspecified atom stereocenters. The lowest BCUT2D eigenvalue weighted by Crippen LogP contribution is -2.37. The van der Waals surface area contributed by atoms with E-state index in [9.17, 15) is 8.42 Å². The number of hydrogen-bond donors (Lipinski definition) is 2. The lowest BCUT2D eigenvalue weighted by molar-refractivity contribution is 0.321. The lowest BCUT2D eigenvalue weighted by atomic mass is 10.3. The molecule has 1 aromatic rings. The summed E-state index contributed by atoms with van der Waals surface area (Å²) in [6, 6.07) is 3.90. The summed E-state index contributed by atoms with van der Waals surface area (Å²) >= 11 is 0. The standard InChI is InChI=1S/C13H21N3O3S/c1-14-8-12-4-5-13(19-12)20(17,18)15-10-6-7-16(9-10)11-2-3-11/h4-5,10-11,14-15H,2-3,6-9H2,1H3. The summed E-state index contributed by atoms with van der Waals surface area (Å²) in [5.74, 6) is 0.624. The summed E-state index contributed by atoms with van der Waals surface area (Å²) in [5.41, 5.74) is 0. The van der Waals surface area contributed by atoms with Gasteiger partial charge in [-0.05, 0) is 38.4 Å². The summed E-state index contributed by atoms with van der Waals surface area (Å²) in [7, 11) is -1.75. The second-order valence-electron chi connectivity index (χ2n) is 5.58. The Bertz CT molecular complexity index is 565. The maximum atomic E-state index is 12.3. The van der Waals surface area contributed by atoms with Crippen LogP contribution in [0.2, 0.25) is 0 Å². The molecule has 7 heteroatoms. The third-order valence-electron chi connectivity index (χ3n) is 3.86. The van der Waals surface area contributed by atoms with Crippen molar-refractivity contribution >= 4 is 10.0 Å². The molecule has 0 amide bonds. The minimum Gasteiger partial charge on any atom is -0.447 e. The third-order valence-corrected chi connectivity index (χ3v) is 5.25. The summed E-state index contributed by atoms with van der Waals surface area (Å²) in [5, 5.41) is 2.94. The molecule has 2 fully saturated rings. The molecule has 2 heterocycles. The topological polar surface area (TPSA) is 74.6 Å². The van der Waals surface area contributed by atoms with Gasteiger partial charge in [0.05, 0.1) is 6.54 Å². The molecule has 112 valence electrons. The van der Waals surface area contributed by atoms with Crippen molar-refractivity contribution in [3.8, 4) is 0 Å². The van der Waals surface area contributed by atoms with Gasteiger partial charge in [-0.3, -0.25) is 4.90 Å². The summed E-state index contributed by atoms with van der Waals surface area (Å²) in [6.07, 6.45) is 3.38. The Labute approximate surface area is 119 Å². The van der Waals surface area contributed by atoms with E-state index in [1.54, 1.807) is 13.1 Å². The number of sulfonamides is 1. The van der Waals surface area contributed by atoms with E-state index in [0.29, 0.717) is 18.3 Å². The molecule has 3 rings (SSSR count). The van der Waals surface area contributed by atoms with E-state index >= 15 is 0 Å². The monoisotopic (exact) mass is 299 g/mol. The van der Waals surface area contributed by atoms with Crippen molar-refractivity contribution in [2.45, 2.75) is 43.0 Å². The van der Waals surface area contributed by atoms with Crippen molar-refractivity contribution in [2.24, 2.45) is 0 Å². The molecule has 2 N–H and O–H groups in total. The fraction of sp³-hybridized carbons (Fsp3) is 0.692. The molecule has 1 saturated carbocycles. The van der Waals surface area contributed by atoms with Gasteiger partial charge in [-0.1, -0.05) is 0 Å². The van der Waals surface area contributed by atoms with Gasteiger partial charge in [-0.25, -0.2) is 13.1 Å². The summed E-state index contributed by atoms with van der Waals surface area (Å²) in [6.45, 7) is 2.32. The van der Waals surface area contributed by atoms with Crippen molar-refractivity contribution < 1.29 is 12.8 Å². The van der Waals surface area contributed by atoms with Crippen LogP contribution in [0.15, 0.2) is 21.6 Å². The lowest BCUT2D eigenvalue weighted by Gasteiger charge is -2.15. The normalized spacial score (nSPS) is 24.4. The highest BCUT2D eigenvalue weighted by atomic mass is 32.2. The van der Waals surface area contributed by atoms with Crippen molar-refractivity contribution in [3.63, 3.8) is 0 Å². The number of furan rings is 1. The molecular formula is C13H21N3O3S. The molecule has 0 radical (unpaired) electrons. The average Bonchev–Trinajstić information content (AvgIpc) is 2.95. The van der Waals surface area contributed by atoms with E-state index in [0.717, 1.165) is 19.5 Å². The average molecular weight is 299 g/mol. The maximum Gasteiger partial charge on any atom is 0.274 e. The van der Waals surface area contributed by atoms with Crippen LogP contribution in [0.1, 0.15) is 25.0 Å². The van der Waals surface area contributed by atoms with Crippen molar-refractivity contribution in [1.29, 1.82) is 0 Å². The van der Waals surface area contributed by atoms with Gasteiger partial charge >= 0.3 is 0 Å². The number of nitrogens with zero attached hydrogens (tertiary/aromatic N) is 1. The second kappa shape index (κ2) is 5.48. The van der Waals surface area contributed by atoms with Gasteiger partial charge in [0.15, 0.2) is 0 Å². The Morgan fingerprint density at radius 2 is 2.15 bits per heavy atom. The van der Waals surface area contributed by atoms with Crippen LogP contribution in [0, 0.1) is 0 Å². The first-order chi connectivity index (χ1) is 9.58. The zero-order valence-corrected chi connectivity index (χ0v) is 12.4. The van der Waals surface area contributed by atoms with Crippen molar-refractivity contribution in [1.82, 2.24) is 14.9 Å². The highest BCUT2D eigenvalue weighted by Gasteiger charge is 2.36. The minimum absolute atomic E-state index is 0.00144. The Hall–Kier alpha value is -0.890. The molecule has 1 aliphatic heterocycles. The quantitative estimate of drug-likeness (QED) is 0.801. The van der Waals surface area contributed by atoms with Gasteiger partial charge in [0.25, 0.3) is 10.0 Å². The van der Waals surface area contributed by atoms with E-state index in [1.807, 2.05) is 0 Å². The minimum atomic E-state index is -3.54. The Kier molecular flexibility index (Phi) is 3.85. The Morgan fingerprint density at radius 3 is 2.85 bits per heavy atom. The van der Waals surface area contributed by atoms with E-state index in [1.165, 1.54) is 18.9 Å². The van der Waals surface area contributed by atoms with Gasteiger partial charge < -0.3 is 9.73 Å². The molecule has 1 saturated heterocycles. The fourth-order valence-corrected chi connectivity index (χ4v) is 3.92. The Balaban J connectivity index is 1.62. The van der Waals surface area contributed by atoms with Gasteiger partial charge in [0, 0.05) is 25.2 Å². The van der Waals surface area contributed by atoms with Crippen molar-refractivity contribution in [2.75, 3.05) is 20.1 Å². The van der Waals surface area contributed by atoms with E-state index in [2.05, 4.69) is 14.9 Å². The highest BCUT2D eigenvalue weighted by Crippen LogP contribution is 2.30. The highest BCUT2D eigenvalue weighted by molar-refractivity contribution is 7.89. The molecule has 0 aromatic carbocycles. The van der Waals surface area contributed by atoms with Crippen LogP contribution in [0.5, 0.6) is 0 Å². The van der Waals surface area contributed by atoms with Crippen LogP contribution >= 0.6 is 0 Å². The number of likely N-dealkylation sites (tertiary alicyclic amines) is 1. The summed E-state index contributed by atoms with van der Waals surface area (Å²) < 4.78 is 32.6. The zero-order chi connectivity index (χ0) is 14.2. The van der Waals surface area contributed by atoms with Gasteiger partial charge in [0.1, 0.15) is 5.76 Å². The van der Waals surface area contributed by atoms with Gasteiger partial charge in [-0.15, -0.1) is 0 Å². The smallest absolute Gasteiger partial charge is 0.274 e. The molecule has 1 aromatic heterocycles. The van der Waals surface area contributed by atoms with Gasteiger partial charge in [0.2, 0.25) is 5.09 Å². The molecule has 1 aliphatic carbocycles. The van der Waals surface area contributed by atoms with Crippen LogP contribution < -0.4 is 10.0 Å². The Morgan fingerprint density at radius 1 is 1.35 bits per heavy atom. The number of rotatable bonds is 6. The second-order valence-corrected chi connectivity index (χ2v) is 7.23. The first-order valence-corrected chi connectivity index (χ1v) is 8.56. The van der Waals surface area contributed by atoms with Gasteiger partial charge in [-0.2, -0.15) is 0 Å². The molecule has 0 bridgehead atoms. The SMILES string of the molecule is CNCc1ccc(S(=O)(=O)NC2CCN(C3CC3)C2)o1. The predicted molar refractivity (Wildman–Crippen MR) is 74.8 cm³/mol. The van der Waals surface area contributed by atoms with Crippen LogP contribution in [0.25, 0.3) is 0 Å². The molecule has 0 spiro atoms. The van der Waals surface area contributed by atoms with Crippen LogP contribution in [0.3, 0.4) is 0 Å². The van der Waals surface area contributed by atoms with E-state index < -0.39 is 10.0 Å². The van der Waals surface area contributed by atoms with Crippen LogP contribution in [-0.4, -0.2) is 45.5 Å². The summed E-state index contributed by atoms with van der Waals surface area (Å²) in [4.78, 5) is 2.38. The first-order valence-electron chi connectivity index (χ1n) is 7.08. The molecule has 6 nitrogen and oxygen atoms in total. The predicted octanol–water partition coefficient (Wildman–Crippen LogP) is 0.514.